The minimum absolute atomic E-state index is 0.130. The fraction of sp³-hybridized carbons (Fsp3) is 0.333. The maximum absolute atomic E-state index is 5.94. The Morgan fingerprint density at radius 1 is 1.29 bits per heavy atom. The summed E-state index contributed by atoms with van der Waals surface area (Å²) in [5, 5.41) is 14.0. The van der Waals surface area contributed by atoms with Gasteiger partial charge in [0.05, 0.1) is 12.3 Å². The fourth-order valence-corrected chi connectivity index (χ4v) is 4.96. The highest BCUT2D eigenvalue weighted by Crippen LogP contribution is 2.28. The standard InChI is InChI=1S/C15H15N5OS3/c1-10(21-11-5-3-2-4-6-11)13-19-20-12(17-18-14(20)24-13)9-23-15-16-7-8-22-15/h2-6,10H,7-9H2,1H3/t10-/m1/s1. The van der Waals surface area contributed by atoms with Gasteiger partial charge in [0.2, 0.25) is 4.96 Å². The van der Waals surface area contributed by atoms with Gasteiger partial charge < -0.3 is 4.74 Å². The van der Waals surface area contributed by atoms with Gasteiger partial charge in [-0.1, -0.05) is 53.1 Å². The normalized spacial score (nSPS) is 15.6. The highest BCUT2D eigenvalue weighted by molar-refractivity contribution is 8.38. The largest absolute Gasteiger partial charge is 0.483 e. The molecule has 24 heavy (non-hydrogen) atoms. The molecule has 1 aliphatic rings. The fourth-order valence-electron chi connectivity index (χ4n) is 2.21. The first kappa shape index (κ1) is 15.9. The first-order valence-corrected chi connectivity index (χ1v) is 10.3. The molecule has 6 nitrogen and oxygen atoms in total. The van der Waals surface area contributed by atoms with E-state index in [0.29, 0.717) is 0 Å². The summed E-state index contributed by atoms with van der Waals surface area (Å²) in [6, 6.07) is 9.77. The Labute approximate surface area is 151 Å². The van der Waals surface area contributed by atoms with Crippen LogP contribution < -0.4 is 4.74 Å². The summed E-state index contributed by atoms with van der Waals surface area (Å²) >= 11 is 5.01. The summed E-state index contributed by atoms with van der Waals surface area (Å²) in [5.74, 6) is 3.49. The minimum Gasteiger partial charge on any atom is -0.483 e. The number of thioether (sulfide) groups is 2. The number of nitrogens with zero attached hydrogens (tertiary/aromatic N) is 5. The van der Waals surface area contributed by atoms with Crippen LogP contribution in [-0.4, -0.2) is 36.5 Å². The van der Waals surface area contributed by atoms with Crippen molar-refractivity contribution >= 4 is 44.2 Å². The Balaban J connectivity index is 1.48. The molecule has 0 amide bonds. The molecular weight excluding hydrogens is 362 g/mol. The lowest BCUT2D eigenvalue weighted by molar-refractivity contribution is 0.225. The third-order valence-electron chi connectivity index (χ3n) is 3.36. The third-order valence-corrected chi connectivity index (χ3v) is 6.67. The molecule has 9 heteroatoms. The molecule has 4 rings (SSSR count). The number of hydrogen-bond donors (Lipinski definition) is 0. The van der Waals surface area contributed by atoms with Gasteiger partial charge in [0.1, 0.15) is 16.2 Å². The van der Waals surface area contributed by atoms with Crippen LogP contribution in [0.15, 0.2) is 35.3 Å². The number of aromatic nitrogens is 4. The van der Waals surface area contributed by atoms with Crippen molar-refractivity contribution in [3.05, 3.63) is 41.2 Å². The zero-order chi connectivity index (χ0) is 16.4. The van der Waals surface area contributed by atoms with Crippen LogP contribution in [0, 0.1) is 0 Å². The van der Waals surface area contributed by atoms with E-state index < -0.39 is 0 Å². The molecule has 0 N–H and O–H groups in total. The summed E-state index contributed by atoms with van der Waals surface area (Å²) in [6.07, 6.45) is -0.130. The molecular formula is C15H15N5OS3. The van der Waals surface area contributed by atoms with Gasteiger partial charge in [0, 0.05) is 5.75 Å². The molecule has 124 valence electrons. The zero-order valence-corrected chi connectivity index (χ0v) is 15.4. The minimum atomic E-state index is -0.130. The van der Waals surface area contributed by atoms with Crippen molar-refractivity contribution < 1.29 is 4.74 Å². The number of hydrogen-bond acceptors (Lipinski definition) is 8. The summed E-state index contributed by atoms with van der Waals surface area (Å²) in [4.78, 5) is 5.24. The molecule has 1 aromatic carbocycles. The average Bonchev–Trinajstić information content (AvgIpc) is 3.31. The molecule has 3 heterocycles. The van der Waals surface area contributed by atoms with Crippen molar-refractivity contribution in [1.82, 2.24) is 19.8 Å². The maximum Gasteiger partial charge on any atom is 0.234 e. The second kappa shape index (κ2) is 7.12. The van der Waals surface area contributed by atoms with Gasteiger partial charge in [-0.25, -0.2) is 0 Å². The van der Waals surface area contributed by atoms with Crippen molar-refractivity contribution in [3.63, 3.8) is 0 Å². The Morgan fingerprint density at radius 2 is 2.17 bits per heavy atom. The first-order valence-electron chi connectivity index (χ1n) is 7.52. The summed E-state index contributed by atoms with van der Waals surface area (Å²) < 4.78 is 8.88. The molecule has 0 spiro atoms. The first-order chi connectivity index (χ1) is 11.8. The van der Waals surface area contributed by atoms with Crippen molar-refractivity contribution in [2.45, 2.75) is 18.8 Å². The van der Waals surface area contributed by atoms with Gasteiger partial charge in [-0.2, -0.15) is 9.61 Å². The predicted octanol–water partition coefficient (Wildman–Crippen LogP) is 3.66. The van der Waals surface area contributed by atoms with Gasteiger partial charge in [-0.05, 0) is 19.1 Å². The number of aliphatic imine (C=N–C) groups is 1. The van der Waals surface area contributed by atoms with E-state index in [-0.39, 0.29) is 6.10 Å². The molecule has 1 atom stereocenters. The highest BCUT2D eigenvalue weighted by atomic mass is 32.2. The van der Waals surface area contributed by atoms with Crippen LogP contribution in [-0.2, 0) is 5.75 Å². The van der Waals surface area contributed by atoms with E-state index in [9.17, 15) is 0 Å². The molecule has 2 aromatic heterocycles. The predicted molar refractivity (Wildman–Crippen MR) is 100 cm³/mol. The van der Waals surface area contributed by atoms with E-state index >= 15 is 0 Å². The molecule has 0 fully saturated rings. The van der Waals surface area contributed by atoms with E-state index in [4.69, 9.17) is 4.74 Å². The SMILES string of the molecule is C[C@@H](Oc1ccccc1)c1nn2c(CSC3=NCCS3)nnc2s1. The summed E-state index contributed by atoms with van der Waals surface area (Å²) in [5.41, 5.74) is 0. The third kappa shape index (κ3) is 3.42. The second-order valence-corrected chi connectivity index (χ2v) is 8.40. The smallest absolute Gasteiger partial charge is 0.234 e. The van der Waals surface area contributed by atoms with Crippen LogP contribution in [0.25, 0.3) is 4.96 Å². The zero-order valence-electron chi connectivity index (χ0n) is 13.0. The van der Waals surface area contributed by atoms with Gasteiger partial charge >= 0.3 is 0 Å². The molecule has 0 saturated heterocycles. The van der Waals surface area contributed by atoms with E-state index in [1.54, 1.807) is 23.5 Å². The van der Waals surface area contributed by atoms with Gasteiger partial charge in [0.25, 0.3) is 0 Å². The van der Waals surface area contributed by atoms with Crippen molar-refractivity contribution in [3.8, 4) is 5.75 Å². The van der Waals surface area contributed by atoms with Crippen molar-refractivity contribution in [1.29, 1.82) is 0 Å². The van der Waals surface area contributed by atoms with Gasteiger partial charge in [-0.15, -0.1) is 10.2 Å². The van der Waals surface area contributed by atoms with Crippen molar-refractivity contribution in [2.75, 3.05) is 12.3 Å². The lowest BCUT2D eigenvalue weighted by atomic mass is 10.3. The average molecular weight is 378 g/mol. The number of fused-ring (bicyclic) bond motifs is 1. The number of para-hydroxylation sites is 1. The highest BCUT2D eigenvalue weighted by Gasteiger charge is 2.18. The Hall–Kier alpha value is -1.58. The quantitative estimate of drug-likeness (QED) is 0.676. The molecule has 3 aromatic rings. The summed E-state index contributed by atoms with van der Waals surface area (Å²) in [6.45, 7) is 2.91. The van der Waals surface area contributed by atoms with Gasteiger partial charge in [-0.3, -0.25) is 4.99 Å². The van der Waals surface area contributed by atoms with Gasteiger partial charge in [0.15, 0.2) is 10.8 Å². The Bertz CT molecular complexity index is 861. The lowest BCUT2D eigenvalue weighted by Crippen LogP contribution is -2.04. The molecule has 0 bridgehead atoms. The van der Waals surface area contributed by atoms with Crippen LogP contribution in [0.5, 0.6) is 5.75 Å². The van der Waals surface area contributed by atoms with E-state index in [1.165, 1.54) is 11.3 Å². The molecule has 0 radical (unpaired) electrons. The number of benzene rings is 1. The lowest BCUT2D eigenvalue weighted by Gasteiger charge is -2.11. The van der Waals surface area contributed by atoms with E-state index in [2.05, 4.69) is 20.3 Å². The summed E-state index contributed by atoms with van der Waals surface area (Å²) in [7, 11) is 0. The van der Waals surface area contributed by atoms with Crippen LogP contribution in [0.2, 0.25) is 0 Å². The van der Waals surface area contributed by atoms with E-state index in [1.807, 2.05) is 41.8 Å². The molecule has 1 aliphatic heterocycles. The van der Waals surface area contributed by atoms with Crippen LogP contribution in [0.3, 0.4) is 0 Å². The monoisotopic (exact) mass is 377 g/mol. The molecule has 0 aliphatic carbocycles. The maximum atomic E-state index is 5.94. The van der Waals surface area contributed by atoms with Crippen molar-refractivity contribution in [2.24, 2.45) is 4.99 Å². The van der Waals surface area contributed by atoms with E-state index in [0.717, 1.165) is 44.0 Å². The molecule has 0 saturated carbocycles. The Kier molecular flexibility index (Phi) is 4.72. The number of ether oxygens (including phenoxy) is 1. The molecule has 0 unspecified atom stereocenters. The Morgan fingerprint density at radius 3 is 2.96 bits per heavy atom. The van der Waals surface area contributed by atoms with Crippen LogP contribution in [0.1, 0.15) is 23.9 Å². The van der Waals surface area contributed by atoms with Crippen LogP contribution >= 0.6 is 34.9 Å². The topological polar surface area (TPSA) is 64.7 Å². The number of rotatable bonds is 5. The van der Waals surface area contributed by atoms with Crippen LogP contribution in [0.4, 0.5) is 0 Å². The second-order valence-electron chi connectivity index (χ2n) is 5.11.